The molecule has 0 aliphatic carbocycles. The SMILES string of the molecule is CC(=O)N1Cc2cccc(n2)-c2cccc(n2)CN(C(C)=O)Cc2cccc(n2)-c2cccc(n2)C1. The van der Waals surface area contributed by atoms with Gasteiger partial charge >= 0.3 is 0 Å². The molecular weight excluding hydrogens is 452 g/mol. The molecule has 0 radical (unpaired) electrons. The fourth-order valence-corrected chi connectivity index (χ4v) is 4.18. The zero-order chi connectivity index (χ0) is 25.1. The Morgan fingerprint density at radius 3 is 0.972 bits per heavy atom. The van der Waals surface area contributed by atoms with E-state index in [1.54, 1.807) is 23.6 Å². The van der Waals surface area contributed by atoms with Crippen molar-refractivity contribution in [3.8, 4) is 22.8 Å². The Morgan fingerprint density at radius 1 is 0.500 bits per heavy atom. The second-order valence-corrected chi connectivity index (χ2v) is 8.81. The van der Waals surface area contributed by atoms with Crippen molar-refractivity contribution in [3.05, 3.63) is 95.6 Å². The summed E-state index contributed by atoms with van der Waals surface area (Å²) in [5.41, 5.74) is 5.87. The third kappa shape index (κ3) is 5.27. The zero-order valence-electron chi connectivity index (χ0n) is 20.3. The molecule has 8 bridgehead atoms. The van der Waals surface area contributed by atoms with E-state index >= 15 is 0 Å². The van der Waals surface area contributed by atoms with Crippen molar-refractivity contribution < 1.29 is 9.59 Å². The number of aromatic nitrogens is 4. The molecule has 4 aromatic heterocycles. The molecule has 8 nitrogen and oxygen atoms in total. The van der Waals surface area contributed by atoms with Crippen LogP contribution in [0.1, 0.15) is 36.6 Å². The predicted molar refractivity (Wildman–Crippen MR) is 135 cm³/mol. The van der Waals surface area contributed by atoms with Crippen LogP contribution in [0.4, 0.5) is 0 Å². The zero-order valence-corrected chi connectivity index (χ0v) is 20.3. The van der Waals surface area contributed by atoms with Crippen LogP contribution in [0.2, 0.25) is 0 Å². The Hall–Kier alpha value is -4.46. The van der Waals surface area contributed by atoms with Crippen LogP contribution in [0, 0.1) is 0 Å². The van der Waals surface area contributed by atoms with E-state index in [0.29, 0.717) is 49.0 Å². The van der Waals surface area contributed by atoms with Crippen molar-refractivity contribution in [1.82, 2.24) is 29.7 Å². The number of pyridine rings is 4. The Morgan fingerprint density at radius 2 is 0.750 bits per heavy atom. The Balaban J connectivity index is 1.61. The number of amides is 2. The number of nitrogens with zero attached hydrogens (tertiary/aromatic N) is 6. The minimum absolute atomic E-state index is 0.0617. The maximum atomic E-state index is 12.5. The number of hydrogen-bond acceptors (Lipinski definition) is 6. The molecule has 0 saturated heterocycles. The fourth-order valence-electron chi connectivity index (χ4n) is 4.18. The molecule has 180 valence electrons. The average molecular weight is 479 g/mol. The fraction of sp³-hybridized carbons (Fsp3) is 0.214. The van der Waals surface area contributed by atoms with E-state index in [2.05, 4.69) is 0 Å². The van der Waals surface area contributed by atoms with Crippen molar-refractivity contribution in [2.75, 3.05) is 0 Å². The van der Waals surface area contributed by atoms with Gasteiger partial charge in [0, 0.05) is 13.8 Å². The maximum absolute atomic E-state index is 12.5. The van der Waals surface area contributed by atoms with Crippen molar-refractivity contribution in [3.63, 3.8) is 0 Å². The molecule has 36 heavy (non-hydrogen) atoms. The summed E-state index contributed by atoms with van der Waals surface area (Å²) in [6, 6.07) is 22.9. The predicted octanol–water partition coefficient (Wildman–Crippen LogP) is 4.01. The minimum atomic E-state index is -0.0617. The van der Waals surface area contributed by atoms with E-state index in [4.69, 9.17) is 19.9 Å². The molecule has 5 rings (SSSR count). The number of carbonyl (C=O) groups is 2. The molecule has 2 amide bonds. The smallest absolute Gasteiger partial charge is 0.220 e. The van der Waals surface area contributed by atoms with Gasteiger partial charge < -0.3 is 9.80 Å². The van der Waals surface area contributed by atoms with Gasteiger partial charge in [-0.1, -0.05) is 24.3 Å². The first kappa shape index (κ1) is 23.3. The molecular formula is C28H26N6O2. The van der Waals surface area contributed by atoms with Crippen LogP contribution in [0.5, 0.6) is 0 Å². The summed E-state index contributed by atoms with van der Waals surface area (Å²) in [6.45, 7) is 4.50. The lowest BCUT2D eigenvalue weighted by Crippen LogP contribution is -2.29. The highest BCUT2D eigenvalue weighted by atomic mass is 16.2. The lowest BCUT2D eigenvalue weighted by molar-refractivity contribution is -0.131. The third-order valence-corrected chi connectivity index (χ3v) is 6.05. The van der Waals surface area contributed by atoms with Crippen LogP contribution in [0.15, 0.2) is 72.8 Å². The van der Waals surface area contributed by atoms with E-state index < -0.39 is 0 Å². The highest BCUT2D eigenvalue weighted by Gasteiger charge is 2.16. The standard InChI is InChI=1S/C28H26N6O2/c1-19(35)33-15-21-7-3-11-25(29-21)27-13-5-9-23(31-27)17-34(20(2)36)18-24-10-6-14-28(32-24)26-12-4-8-22(16-33)30-26/h3-14H,15-18H2,1-2H3. The van der Waals surface area contributed by atoms with Crippen molar-refractivity contribution in [2.45, 2.75) is 40.0 Å². The Kier molecular flexibility index (Phi) is 6.49. The number of carbonyl (C=O) groups excluding carboxylic acids is 2. The van der Waals surface area contributed by atoms with Gasteiger partial charge in [0.1, 0.15) is 0 Å². The van der Waals surface area contributed by atoms with E-state index in [0.717, 1.165) is 22.8 Å². The van der Waals surface area contributed by atoms with Crippen LogP contribution >= 0.6 is 0 Å². The van der Waals surface area contributed by atoms with E-state index in [9.17, 15) is 9.59 Å². The van der Waals surface area contributed by atoms with E-state index in [-0.39, 0.29) is 11.8 Å². The molecule has 4 aromatic rings. The van der Waals surface area contributed by atoms with Gasteiger partial charge in [0.15, 0.2) is 0 Å². The molecule has 0 spiro atoms. The first-order valence-electron chi connectivity index (χ1n) is 11.8. The summed E-state index contributed by atoms with van der Waals surface area (Å²) >= 11 is 0. The molecule has 0 N–H and O–H groups in total. The van der Waals surface area contributed by atoms with Crippen LogP contribution in [-0.2, 0) is 35.8 Å². The first-order valence-corrected chi connectivity index (χ1v) is 11.8. The molecule has 5 heterocycles. The molecule has 0 saturated carbocycles. The normalized spacial score (nSPS) is 13.5. The second-order valence-electron chi connectivity index (χ2n) is 8.81. The molecule has 1 aliphatic rings. The van der Waals surface area contributed by atoms with Gasteiger partial charge in [-0.05, 0) is 48.5 Å². The average Bonchev–Trinajstić information content (AvgIpc) is 2.88. The quantitative estimate of drug-likeness (QED) is 0.379. The summed E-state index contributed by atoms with van der Waals surface area (Å²) in [7, 11) is 0. The van der Waals surface area contributed by atoms with Gasteiger partial charge in [-0.2, -0.15) is 0 Å². The van der Waals surface area contributed by atoms with Gasteiger partial charge in [0.05, 0.1) is 71.7 Å². The van der Waals surface area contributed by atoms with Gasteiger partial charge in [0.2, 0.25) is 11.8 Å². The lowest BCUT2D eigenvalue weighted by Gasteiger charge is -2.22. The Labute approximate surface area is 209 Å². The van der Waals surface area contributed by atoms with Crippen LogP contribution in [0.25, 0.3) is 22.8 Å². The van der Waals surface area contributed by atoms with Gasteiger partial charge in [-0.25, -0.2) is 19.9 Å². The van der Waals surface area contributed by atoms with Gasteiger partial charge in [0.25, 0.3) is 0 Å². The highest BCUT2D eigenvalue weighted by Crippen LogP contribution is 2.20. The molecule has 0 fully saturated rings. The third-order valence-electron chi connectivity index (χ3n) is 6.05. The van der Waals surface area contributed by atoms with Gasteiger partial charge in [-0.3, -0.25) is 9.59 Å². The topological polar surface area (TPSA) is 92.2 Å². The van der Waals surface area contributed by atoms with Crippen molar-refractivity contribution in [1.29, 1.82) is 0 Å². The maximum Gasteiger partial charge on any atom is 0.220 e. The first-order chi connectivity index (χ1) is 17.4. The number of fused-ring (bicyclic) bond motifs is 10. The highest BCUT2D eigenvalue weighted by molar-refractivity contribution is 5.73. The van der Waals surface area contributed by atoms with Crippen LogP contribution in [0.3, 0.4) is 0 Å². The van der Waals surface area contributed by atoms with Crippen LogP contribution in [-0.4, -0.2) is 41.6 Å². The van der Waals surface area contributed by atoms with E-state index in [1.807, 2.05) is 72.8 Å². The summed E-state index contributed by atoms with van der Waals surface area (Å²) in [5.74, 6) is -0.123. The monoisotopic (exact) mass is 478 g/mol. The molecule has 0 aromatic carbocycles. The van der Waals surface area contributed by atoms with Crippen molar-refractivity contribution >= 4 is 11.8 Å². The second kappa shape index (κ2) is 10.0. The summed E-state index contributed by atoms with van der Waals surface area (Å²) in [5, 5.41) is 0. The molecule has 8 heteroatoms. The molecule has 0 unspecified atom stereocenters. The largest absolute Gasteiger partial charge is 0.331 e. The van der Waals surface area contributed by atoms with Crippen molar-refractivity contribution in [2.24, 2.45) is 0 Å². The molecule has 1 aliphatic heterocycles. The summed E-state index contributed by atoms with van der Waals surface area (Å²) in [6.07, 6.45) is 0. The van der Waals surface area contributed by atoms with Crippen LogP contribution < -0.4 is 0 Å². The van der Waals surface area contributed by atoms with E-state index in [1.165, 1.54) is 0 Å². The minimum Gasteiger partial charge on any atom is -0.331 e. The lowest BCUT2D eigenvalue weighted by atomic mass is 10.2. The summed E-state index contributed by atoms with van der Waals surface area (Å²) < 4.78 is 0. The summed E-state index contributed by atoms with van der Waals surface area (Å²) in [4.78, 5) is 47.6. The molecule has 0 atom stereocenters. The van der Waals surface area contributed by atoms with Gasteiger partial charge in [-0.15, -0.1) is 0 Å². The Bertz CT molecular complexity index is 1230. The number of rotatable bonds is 0. The number of hydrogen-bond donors (Lipinski definition) is 0.